The molecule has 0 unspecified atom stereocenters. The predicted octanol–water partition coefficient (Wildman–Crippen LogP) is 7.06. The summed E-state index contributed by atoms with van der Waals surface area (Å²) in [6.45, 7) is 2.28. The minimum atomic E-state index is -0.147. The van der Waals surface area contributed by atoms with Crippen LogP contribution in [0.25, 0.3) is 21.8 Å². The molecule has 0 radical (unpaired) electrons. The van der Waals surface area contributed by atoms with Crippen LogP contribution in [0.5, 0.6) is 11.5 Å². The molecule has 198 valence electrons. The number of halogens is 1. The van der Waals surface area contributed by atoms with Crippen molar-refractivity contribution in [3.05, 3.63) is 99.5 Å². The van der Waals surface area contributed by atoms with Gasteiger partial charge in [0.25, 0.3) is 11.5 Å². The number of rotatable bonds is 6. The minimum Gasteiger partial charge on any atom is -0.457 e. The van der Waals surface area contributed by atoms with E-state index in [1.807, 2.05) is 59.2 Å². The van der Waals surface area contributed by atoms with Gasteiger partial charge in [0, 0.05) is 23.5 Å². The molecule has 1 amide bonds. The normalized spacial score (nSPS) is 17.4. The van der Waals surface area contributed by atoms with E-state index >= 15 is 0 Å². The Balaban J connectivity index is 1.20. The number of amides is 1. The second-order valence-electron chi connectivity index (χ2n) is 10.1. The number of pyridine rings is 1. The number of ether oxygens (including phenoxy) is 1. The molecule has 2 aromatic heterocycles. The molecule has 1 aliphatic rings. The Kier molecular flexibility index (Phi) is 6.83. The summed E-state index contributed by atoms with van der Waals surface area (Å²) in [5.41, 5.74) is 1.70. The molecule has 0 aliphatic heterocycles. The fourth-order valence-electron chi connectivity index (χ4n) is 5.68. The Morgan fingerprint density at radius 1 is 1.05 bits per heavy atom. The van der Waals surface area contributed by atoms with E-state index < -0.39 is 0 Å². The molecule has 1 aliphatic carbocycles. The number of benzene rings is 3. The van der Waals surface area contributed by atoms with Gasteiger partial charge in [-0.3, -0.25) is 9.59 Å². The second kappa shape index (κ2) is 10.6. The van der Waals surface area contributed by atoms with Crippen molar-refractivity contribution in [1.29, 1.82) is 0 Å². The molecule has 2 atom stereocenters. The van der Waals surface area contributed by atoms with E-state index in [4.69, 9.17) is 20.9 Å². The number of para-hydroxylation sites is 1. The lowest BCUT2D eigenvalue weighted by molar-refractivity contribution is 0.0940. The van der Waals surface area contributed by atoms with Crippen molar-refractivity contribution in [2.24, 2.45) is 5.92 Å². The van der Waals surface area contributed by atoms with Gasteiger partial charge < -0.3 is 19.1 Å². The zero-order valence-corrected chi connectivity index (χ0v) is 22.3. The van der Waals surface area contributed by atoms with Gasteiger partial charge in [-0.05, 0) is 74.6 Å². The molecule has 5 aromatic rings. The van der Waals surface area contributed by atoms with Crippen molar-refractivity contribution in [3.63, 3.8) is 0 Å². The van der Waals surface area contributed by atoms with E-state index in [9.17, 15) is 9.59 Å². The van der Waals surface area contributed by atoms with Crippen LogP contribution < -0.4 is 15.6 Å². The molecule has 0 spiro atoms. The molecule has 1 saturated carbocycles. The molecule has 1 fully saturated rings. The van der Waals surface area contributed by atoms with Crippen LogP contribution in [-0.4, -0.2) is 22.2 Å². The summed E-state index contributed by atoms with van der Waals surface area (Å²) in [6, 6.07) is 22.2. The SMILES string of the molecule is Cc1onc2c1c(=O)n([C@H]1CCC[C@@H](CNC(=O)c3cccc(Oc4ccccc4)c3)C1)c1cccc(Cl)c21. The first-order chi connectivity index (χ1) is 19.0. The van der Waals surface area contributed by atoms with Gasteiger partial charge in [-0.2, -0.15) is 0 Å². The largest absolute Gasteiger partial charge is 0.457 e. The van der Waals surface area contributed by atoms with Gasteiger partial charge in [0.2, 0.25) is 0 Å². The molecular formula is C31H28ClN3O4. The first-order valence-electron chi connectivity index (χ1n) is 13.2. The number of hydrogen-bond donors (Lipinski definition) is 1. The summed E-state index contributed by atoms with van der Waals surface area (Å²) >= 11 is 6.58. The summed E-state index contributed by atoms with van der Waals surface area (Å²) in [6.07, 6.45) is 3.59. The van der Waals surface area contributed by atoms with Crippen LogP contribution in [0.2, 0.25) is 5.02 Å². The minimum absolute atomic E-state index is 0.0181. The van der Waals surface area contributed by atoms with Crippen LogP contribution in [0.4, 0.5) is 0 Å². The Morgan fingerprint density at radius 2 is 1.85 bits per heavy atom. The monoisotopic (exact) mass is 541 g/mol. The van der Waals surface area contributed by atoms with Crippen molar-refractivity contribution in [3.8, 4) is 11.5 Å². The van der Waals surface area contributed by atoms with Gasteiger partial charge >= 0.3 is 0 Å². The Bertz CT molecular complexity index is 1730. The summed E-state index contributed by atoms with van der Waals surface area (Å²) in [7, 11) is 0. The lowest BCUT2D eigenvalue weighted by atomic mass is 9.85. The zero-order valence-electron chi connectivity index (χ0n) is 21.5. The second-order valence-corrected chi connectivity index (χ2v) is 10.5. The molecule has 39 heavy (non-hydrogen) atoms. The van der Waals surface area contributed by atoms with Crippen LogP contribution in [-0.2, 0) is 0 Å². The average molecular weight is 542 g/mol. The third kappa shape index (κ3) is 4.90. The number of nitrogens with zero attached hydrogens (tertiary/aromatic N) is 2. The molecule has 2 heterocycles. The number of hydrogen-bond acceptors (Lipinski definition) is 5. The first-order valence-corrected chi connectivity index (χ1v) is 13.6. The van der Waals surface area contributed by atoms with Gasteiger partial charge in [0.15, 0.2) is 0 Å². The van der Waals surface area contributed by atoms with Gasteiger partial charge in [-0.15, -0.1) is 0 Å². The highest BCUT2D eigenvalue weighted by Gasteiger charge is 2.28. The van der Waals surface area contributed by atoms with Gasteiger partial charge in [-0.1, -0.05) is 53.5 Å². The van der Waals surface area contributed by atoms with Crippen molar-refractivity contribution in [1.82, 2.24) is 15.0 Å². The zero-order chi connectivity index (χ0) is 26.9. The maximum Gasteiger partial charge on any atom is 0.264 e. The van der Waals surface area contributed by atoms with Crippen LogP contribution in [0.1, 0.15) is 47.8 Å². The number of carbonyl (C=O) groups excluding carboxylic acids is 1. The van der Waals surface area contributed by atoms with Gasteiger partial charge in [0.05, 0.1) is 10.5 Å². The molecule has 6 rings (SSSR count). The third-order valence-electron chi connectivity index (χ3n) is 7.53. The molecular weight excluding hydrogens is 514 g/mol. The highest BCUT2D eigenvalue weighted by molar-refractivity contribution is 6.37. The lowest BCUT2D eigenvalue weighted by Crippen LogP contribution is -2.34. The van der Waals surface area contributed by atoms with Crippen molar-refractivity contribution in [2.45, 2.75) is 38.6 Å². The Labute approximate surface area is 230 Å². The maximum atomic E-state index is 13.7. The summed E-state index contributed by atoms with van der Waals surface area (Å²) < 4.78 is 13.1. The summed E-state index contributed by atoms with van der Waals surface area (Å²) in [4.78, 5) is 26.7. The fraction of sp³-hybridized carbons (Fsp3) is 0.258. The van der Waals surface area contributed by atoms with Crippen molar-refractivity contribution >= 4 is 39.3 Å². The Hall–Kier alpha value is -4.10. The average Bonchev–Trinajstić information content (AvgIpc) is 3.34. The summed E-state index contributed by atoms with van der Waals surface area (Å²) in [5.74, 6) is 1.90. The van der Waals surface area contributed by atoms with Crippen molar-refractivity contribution in [2.75, 3.05) is 6.54 Å². The number of carbonyl (C=O) groups is 1. The maximum absolute atomic E-state index is 13.7. The van der Waals surface area contributed by atoms with E-state index in [-0.39, 0.29) is 23.4 Å². The van der Waals surface area contributed by atoms with Crippen LogP contribution >= 0.6 is 11.6 Å². The van der Waals surface area contributed by atoms with Crippen LogP contribution in [0, 0.1) is 12.8 Å². The highest BCUT2D eigenvalue weighted by atomic mass is 35.5. The lowest BCUT2D eigenvalue weighted by Gasteiger charge is -2.31. The van der Waals surface area contributed by atoms with E-state index in [1.54, 1.807) is 25.1 Å². The van der Waals surface area contributed by atoms with Crippen molar-refractivity contribution < 1.29 is 14.1 Å². The molecule has 0 saturated heterocycles. The molecule has 8 heteroatoms. The van der Waals surface area contributed by atoms with Gasteiger partial charge in [0.1, 0.15) is 28.2 Å². The van der Waals surface area contributed by atoms with Crippen LogP contribution in [0.3, 0.4) is 0 Å². The smallest absolute Gasteiger partial charge is 0.264 e. The Morgan fingerprint density at radius 3 is 2.69 bits per heavy atom. The quantitative estimate of drug-likeness (QED) is 0.249. The van der Waals surface area contributed by atoms with E-state index in [0.29, 0.717) is 45.3 Å². The third-order valence-corrected chi connectivity index (χ3v) is 7.85. The number of aryl methyl sites for hydroxylation is 1. The highest BCUT2D eigenvalue weighted by Crippen LogP contribution is 2.37. The fourth-order valence-corrected chi connectivity index (χ4v) is 5.94. The molecule has 7 nitrogen and oxygen atoms in total. The number of aromatic nitrogens is 2. The van der Waals surface area contributed by atoms with E-state index in [0.717, 1.165) is 36.6 Å². The number of fused-ring (bicyclic) bond motifs is 3. The summed E-state index contributed by atoms with van der Waals surface area (Å²) in [5, 5.41) is 9.00. The standard InChI is InChI=1S/C31H28ClN3O4/c1-19-27-29(34-39-19)28-25(32)14-7-15-26(28)35(31(27)37)22-10-5-8-20(16-22)18-33-30(36)21-9-6-13-24(17-21)38-23-11-3-2-4-12-23/h2-4,6-7,9,11-15,17,20,22H,5,8,10,16,18H2,1H3,(H,33,36)/t20-,22+/m1/s1. The molecule has 1 N–H and O–H groups in total. The topological polar surface area (TPSA) is 86.4 Å². The predicted molar refractivity (Wildman–Crippen MR) is 152 cm³/mol. The molecule has 0 bridgehead atoms. The van der Waals surface area contributed by atoms with E-state index in [2.05, 4.69) is 10.5 Å². The number of nitrogens with one attached hydrogen (secondary N) is 1. The van der Waals surface area contributed by atoms with Crippen LogP contribution in [0.15, 0.2) is 82.1 Å². The van der Waals surface area contributed by atoms with Gasteiger partial charge in [-0.25, -0.2) is 0 Å². The first kappa shape index (κ1) is 25.2. The molecule has 3 aromatic carbocycles. The van der Waals surface area contributed by atoms with E-state index in [1.165, 1.54) is 0 Å².